The van der Waals surface area contributed by atoms with Crippen LogP contribution in [0, 0.1) is 0 Å². The largest absolute Gasteiger partial charge is 0.402 e. The van der Waals surface area contributed by atoms with E-state index in [2.05, 4.69) is 11.9 Å². The van der Waals surface area contributed by atoms with Crippen molar-refractivity contribution in [1.29, 1.82) is 0 Å². The summed E-state index contributed by atoms with van der Waals surface area (Å²) in [6, 6.07) is 0. The molecule has 112 valence electrons. The van der Waals surface area contributed by atoms with Crippen LogP contribution >= 0.6 is 12.2 Å². The van der Waals surface area contributed by atoms with E-state index in [4.69, 9.17) is 18.0 Å². The first kappa shape index (κ1) is 16.8. The summed E-state index contributed by atoms with van der Waals surface area (Å²) < 4.78 is 40.7. The predicted molar refractivity (Wildman–Crippen MR) is 79.5 cm³/mol. The van der Waals surface area contributed by atoms with E-state index in [1.54, 1.807) is 13.8 Å². The van der Waals surface area contributed by atoms with Gasteiger partial charge in [-0.05, 0) is 38.8 Å². The lowest BCUT2D eigenvalue weighted by Gasteiger charge is -2.42. The van der Waals surface area contributed by atoms with Crippen LogP contribution in [0.1, 0.15) is 26.7 Å². The Balaban J connectivity index is 2.92. The van der Waals surface area contributed by atoms with Crippen LogP contribution in [0.5, 0.6) is 0 Å². The molecule has 1 aliphatic rings. The van der Waals surface area contributed by atoms with Gasteiger partial charge in [-0.25, -0.2) is 13.2 Å². The Labute approximate surface area is 122 Å². The number of thiocarbonyl (C=S) groups is 1. The third-order valence-electron chi connectivity index (χ3n) is 3.48. The molecule has 1 heterocycles. The Morgan fingerprint density at radius 3 is 2.55 bits per heavy atom. The van der Waals surface area contributed by atoms with Crippen LogP contribution in [0.4, 0.5) is 13.2 Å². The molecule has 1 rings (SSSR count). The predicted octanol–water partition coefficient (Wildman–Crippen LogP) is 3.41. The quantitative estimate of drug-likeness (QED) is 0.617. The van der Waals surface area contributed by atoms with Gasteiger partial charge in [-0.3, -0.25) is 0 Å². The van der Waals surface area contributed by atoms with Crippen molar-refractivity contribution >= 4 is 17.2 Å². The molecule has 6 heteroatoms. The summed E-state index contributed by atoms with van der Waals surface area (Å²) >= 11 is 4.86. The van der Waals surface area contributed by atoms with Gasteiger partial charge in [0.05, 0.1) is 5.54 Å². The van der Waals surface area contributed by atoms with Gasteiger partial charge in [0.2, 0.25) is 0 Å². The Kier molecular flexibility index (Phi) is 5.02. The second-order valence-corrected chi connectivity index (χ2v) is 5.70. The van der Waals surface area contributed by atoms with E-state index in [1.807, 2.05) is 0 Å². The zero-order valence-electron chi connectivity index (χ0n) is 11.6. The molecule has 2 nitrogen and oxygen atoms in total. The number of rotatable bonds is 4. The minimum atomic E-state index is -2.16. The Bertz CT molecular complexity index is 483. The highest BCUT2D eigenvalue weighted by molar-refractivity contribution is 7.80. The monoisotopic (exact) mass is 304 g/mol. The van der Waals surface area contributed by atoms with E-state index in [9.17, 15) is 13.2 Å². The summed E-state index contributed by atoms with van der Waals surface area (Å²) in [5.41, 5.74) is 2.91. The molecule has 0 aromatic heterocycles. The average molecular weight is 304 g/mol. The van der Waals surface area contributed by atoms with Crippen LogP contribution in [0.2, 0.25) is 0 Å². The van der Waals surface area contributed by atoms with Crippen LogP contribution in [-0.4, -0.2) is 22.9 Å². The SMILES string of the molecule is C=C(/C(F)=C\C=C(/C)N)[C@]1(C)CC[C@](F)(CF)C(=S)N1. The third kappa shape index (κ3) is 3.42. The summed E-state index contributed by atoms with van der Waals surface area (Å²) in [5.74, 6) is -0.570. The number of nitrogens with two attached hydrogens (primary N) is 1. The first-order valence-corrected chi connectivity index (χ1v) is 6.62. The zero-order valence-corrected chi connectivity index (χ0v) is 12.4. The first-order chi connectivity index (χ1) is 9.14. The van der Waals surface area contributed by atoms with Gasteiger partial charge in [0, 0.05) is 11.3 Å². The molecule has 0 radical (unpaired) electrons. The van der Waals surface area contributed by atoms with Gasteiger partial charge in [0.1, 0.15) is 17.5 Å². The highest BCUT2D eigenvalue weighted by Gasteiger charge is 2.46. The normalized spacial score (nSPS) is 31.9. The molecule has 3 N–H and O–H groups in total. The van der Waals surface area contributed by atoms with E-state index >= 15 is 0 Å². The smallest absolute Gasteiger partial charge is 0.188 e. The molecule has 0 aromatic carbocycles. The molecule has 2 atom stereocenters. The van der Waals surface area contributed by atoms with Gasteiger partial charge in [-0.1, -0.05) is 18.8 Å². The lowest BCUT2D eigenvalue weighted by molar-refractivity contribution is 0.148. The number of hydrogen-bond donors (Lipinski definition) is 2. The molecule has 1 aliphatic heterocycles. The number of allylic oxidation sites excluding steroid dienone is 3. The Morgan fingerprint density at radius 2 is 2.10 bits per heavy atom. The van der Waals surface area contributed by atoms with Crippen molar-refractivity contribution in [2.75, 3.05) is 6.67 Å². The first-order valence-electron chi connectivity index (χ1n) is 6.21. The maximum Gasteiger partial charge on any atom is 0.188 e. The molecule has 0 spiro atoms. The maximum atomic E-state index is 14.0. The van der Waals surface area contributed by atoms with Crippen molar-refractivity contribution in [3.05, 3.63) is 35.8 Å². The van der Waals surface area contributed by atoms with Crippen molar-refractivity contribution in [2.24, 2.45) is 5.73 Å². The summed E-state index contributed by atoms with van der Waals surface area (Å²) in [6.45, 7) is 5.78. The molecule has 1 fully saturated rings. The fourth-order valence-electron chi connectivity index (χ4n) is 1.91. The van der Waals surface area contributed by atoms with Crippen molar-refractivity contribution in [3.63, 3.8) is 0 Å². The van der Waals surface area contributed by atoms with Crippen molar-refractivity contribution in [2.45, 2.75) is 37.9 Å². The van der Waals surface area contributed by atoms with Gasteiger partial charge in [0.25, 0.3) is 0 Å². The zero-order chi connectivity index (χ0) is 15.6. The summed E-state index contributed by atoms with van der Waals surface area (Å²) in [6.07, 6.45) is 2.69. The van der Waals surface area contributed by atoms with E-state index < -0.39 is 23.7 Å². The van der Waals surface area contributed by atoms with Crippen LogP contribution in [0.3, 0.4) is 0 Å². The standard InChI is InChI=1S/C14H19F3N2S/c1-9(18)4-5-11(16)10(2)13(3)6-7-14(17,8-15)12(20)19-13/h4-5H,2,6-8,18H2,1,3H3,(H,19,20)/b9-4+,11-5+/t13-,14-/m0/s1. The Morgan fingerprint density at radius 1 is 1.50 bits per heavy atom. The summed E-state index contributed by atoms with van der Waals surface area (Å²) in [4.78, 5) is -0.242. The lowest BCUT2D eigenvalue weighted by atomic mass is 9.79. The maximum absolute atomic E-state index is 14.0. The second kappa shape index (κ2) is 5.99. The van der Waals surface area contributed by atoms with E-state index in [-0.39, 0.29) is 23.4 Å². The highest BCUT2D eigenvalue weighted by atomic mass is 32.1. The molecule has 0 aromatic rings. The lowest BCUT2D eigenvalue weighted by Crippen LogP contribution is -2.59. The molecule has 0 aliphatic carbocycles. The minimum absolute atomic E-state index is 0.107. The molecule has 0 amide bonds. The van der Waals surface area contributed by atoms with Crippen molar-refractivity contribution < 1.29 is 13.2 Å². The fraction of sp³-hybridized carbons (Fsp3) is 0.500. The fourth-order valence-corrected chi connectivity index (χ4v) is 2.29. The second-order valence-electron chi connectivity index (χ2n) is 5.29. The molecule has 1 saturated heterocycles. The number of halogens is 3. The van der Waals surface area contributed by atoms with Gasteiger partial charge in [-0.2, -0.15) is 0 Å². The highest BCUT2D eigenvalue weighted by Crippen LogP contribution is 2.37. The number of alkyl halides is 2. The molecular weight excluding hydrogens is 285 g/mol. The average Bonchev–Trinajstić information content (AvgIpc) is 2.40. The van der Waals surface area contributed by atoms with Gasteiger partial charge >= 0.3 is 0 Å². The molecule has 0 bridgehead atoms. The van der Waals surface area contributed by atoms with Gasteiger partial charge in [0.15, 0.2) is 5.67 Å². The van der Waals surface area contributed by atoms with E-state index in [0.29, 0.717) is 5.70 Å². The topological polar surface area (TPSA) is 38.0 Å². The summed E-state index contributed by atoms with van der Waals surface area (Å²) in [5, 5.41) is 2.69. The Hall–Kier alpha value is -1.30. The molecular formula is C14H19F3N2S. The minimum Gasteiger partial charge on any atom is -0.402 e. The van der Waals surface area contributed by atoms with Crippen LogP contribution < -0.4 is 11.1 Å². The number of nitrogens with one attached hydrogen (secondary N) is 1. The van der Waals surface area contributed by atoms with E-state index in [1.165, 1.54) is 12.2 Å². The molecule has 0 unspecified atom stereocenters. The number of piperidine rings is 1. The van der Waals surface area contributed by atoms with Gasteiger partial charge < -0.3 is 11.1 Å². The van der Waals surface area contributed by atoms with Crippen molar-refractivity contribution in [1.82, 2.24) is 5.32 Å². The van der Waals surface area contributed by atoms with Crippen molar-refractivity contribution in [3.8, 4) is 0 Å². The molecule has 20 heavy (non-hydrogen) atoms. The van der Waals surface area contributed by atoms with Gasteiger partial charge in [-0.15, -0.1) is 0 Å². The van der Waals surface area contributed by atoms with Crippen LogP contribution in [0.15, 0.2) is 35.8 Å². The summed E-state index contributed by atoms with van der Waals surface area (Å²) in [7, 11) is 0. The third-order valence-corrected chi connectivity index (χ3v) is 3.94. The van der Waals surface area contributed by atoms with Crippen LogP contribution in [-0.2, 0) is 0 Å². The number of hydrogen-bond acceptors (Lipinski definition) is 2. The van der Waals surface area contributed by atoms with Crippen LogP contribution in [0.25, 0.3) is 0 Å². The van der Waals surface area contributed by atoms with E-state index in [0.717, 1.165) is 0 Å². The molecule has 0 saturated carbocycles.